The molecule has 0 bridgehead atoms. The normalized spacial score (nSPS) is 10.4. The molecule has 124 valence electrons. The zero-order valence-corrected chi connectivity index (χ0v) is 13.3. The van der Waals surface area contributed by atoms with Gasteiger partial charge in [-0.1, -0.05) is 35.8 Å². The highest BCUT2D eigenvalue weighted by Crippen LogP contribution is 2.24. The minimum atomic E-state index is -0.911. The van der Waals surface area contributed by atoms with Gasteiger partial charge in [0.05, 0.1) is 5.52 Å². The summed E-state index contributed by atoms with van der Waals surface area (Å²) in [6.45, 7) is 0. The Balaban J connectivity index is 1.85. The molecule has 0 radical (unpaired) electrons. The van der Waals surface area contributed by atoms with Gasteiger partial charge in [-0.3, -0.25) is 25.2 Å². The van der Waals surface area contributed by atoms with Crippen LogP contribution in [-0.4, -0.2) is 29.8 Å². The molecule has 7 nitrogen and oxygen atoms in total. The van der Waals surface area contributed by atoms with E-state index in [1.165, 1.54) is 0 Å². The average molecular weight is 335 g/mol. The van der Waals surface area contributed by atoms with Crippen molar-refractivity contribution in [3.63, 3.8) is 0 Å². The number of para-hydroxylation sites is 1. The van der Waals surface area contributed by atoms with Crippen LogP contribution in [0.4, 0.5) is 0 Å². The van der Waals surface area contributed by atoms with Crippen molar-refractivity contribution in [2.24, 2.45) is 0 Å². The predicted octanol–water partition coefficient (Wildman–Crippen LogP) is -0.433. The van der Waals surface area contributed by atoms with Crippen molar-refractivity contribution in [2.75, 3.05) is 0 Å². The van der Waals surface area contributed by atoms with Gasteiger partial charge < -0.3 is 10.1 Å². The predicted molar refractivity (Wildman–Crippen MR) is 95.8 cm³/mol. The molecule has 3 aromatic rings. The molecule has 0 aliphatic rings. The minimum Gasteiger partial charge on any atom is -0.506 e. The van der Waals surface area contributed by atoms with Gasteiger partial charge in [-0.25, -0.2) is 0 Å². The third-order valence-corrected chi connectivity index (χ3v) is 3.80. The average Bonchev–Trinajstić information content (AvgIpc) is 2.60. The van der Waals surface area contributed by atoms with Gasteiger partial charge in [-0.05, 0) is 18.2 Å². The maximum absolute atomic E-state index is 12.2. The Hall–Kier alpha value is -3.55. The van der Waals surface area contributed by atoms with E-state index >= 15 is 0 Å². The van der Waals surface area contributed by atoms with Gasteiger partial charge in [-0.15, -0.1) is 0 Å². The Morgan fingerprint density at radius 2 is 1.60 bits per heavy atom. The summed E-state index contributed by atoms with van der Waals surface area (Å²) < 4.78 is 0. The molecule has 0 saturated heterocycles. The van der Waals surface area contributed by atoms with Crippen LogP contribution < -0.4 is 21.9 Å². The van der Waals surface area contributed by atoms with E-state index in [9.17, 15) is 19.5 Å². The number of H-pyrrole nitrogens is 1. The molecule has 2 amide bonds. The van der Waals surface area contributed by atoms with E-state index in [1.54, 1.807) is 56.4 Å². The highest BCUT2D eigenvalue weighted by Gasteiger charge is 2.19. The summed E-state index contributed by atoms with van der Waals surface area (Å²) in [6.07, 6.45) is 0. The van der Waals surface area contributed by atoms with E-state index < -0.39 is 28.7 Å². The summed E-state index contributed by atoms with van der Waals surface area (Å²) >= 11 is 0. The molecule has 0 unspecified atom stereocenters. The van der Waals surface area contributed by atoms with Gasteiger partial charge in [0, 0.05) is 10.9 Å². The van der Waals surface area contributed by atoms with Crippen molar-refractivity contribution in [1.29, 1.82) is 0 Å². The number of hydrogen-bond donors (Lipinski definition) is 4. The third-order valence-electron chi connectivity index (χ3n) is 3.80. The lowest BCUT2D eigenvalue weighted by Crippen LogP contribution is -2.44. The Labute approximate surface area is 143 Å². The van der Waals surface area contributed by atoms with Crippen molar-refractivity contribution in [3.8, 4) is 5.75 Å². The zero-order chi connectivity index (χ0) is 18.0. The number of carbonyl (C=O) groups excluding carboxylic acids is 2. The molecule has 1 aromatic heterocycles. The second-order valence-electron chi connectivity index (χ2n) is 5.45. The summed E-state index contributed by atoms with van der Waals surface area (Å²) in [5.41, 5.74) is 4.70. The van der Waals surface area contributed by atoms with Crippen molar-refractivity contribution in [1.82, 2.24) is 15.8 Å². The number of benzene rings is 2. The molecule has 0 fully saturated rings. The van der Waals surface area contributed by atoms with Crippen LogP contribution in [0.15, 0.2) is 53.3 Å². The standard InChI is InChI=1S/C17H14BN3O4/c18-11-7-3-1-5-9(11)15(23)20-21-17(25)13-14(22)10-6-2-4-8-12(10)19-16(13)24/h1-8H,18H2,(H,20,23)(H,21,25)(H2,19,22,24). The van der Waals surface area contributed by atoms with Crippen LogP contribution in [0.25, 0.3) is 10.9 Å². The third kappa shape index (κ3) is 3.09. The number of fused-ring (bicyclic) bond motifs is 1. The molecule has 25 heavy (non-hydrogen) atoms. The lowest BCUT2D eigenvalue weighted by Gasteiger charge is -2.10. The fourth-order valence-electron chi connectivity index (χ4n) is 2.51. The Morgan fingerprint density at radius 1 is 0.960 bits per heavy atom. The van der Waals surface area contributed by atoms with Gasteiger partial charge in [0.2, 0.25) is 0 Å². The van der Waals surface area contributed by atoms with Gasteiger partial charge in [0.1, 0.15) is 19.2 Å². The SMILES string of the molecule is Bc1ccccc1C(=O)NNC(=O)c1c(O)c2ccccc2[nH]c1=O. The summed E-state index contributed by atoms with van der Waals surface area (Å²) in [6, 6.07) is 13.4. The van der Waals surface area contributed by atoms with E-state index in [4.69, 9.17) is 0 Å². The number of pyridine rings is 1. The second-order valence-corrected chi connectivity index (χ2v) is 5.45. The van der Waals surface area contributed by atoms with Crippen LogP contribution >= 0.6 is 0 Å². The largest absolute Gasteiger partial charge is 0.506 e. The van der Waals surface area contributed by atoms with Crippen LogP contribution in [0.2, 0.25) is 0 Å². The molecule has 4 N–H and O–H groups in total. The Bertz CT molecular complexity index is 1050. The lowest BCUT2D eigenvalue weighted by molar-refractivity contribution is 0.0845. The number of aromatic amines is 1. The first-order valence-electron chi connectivity index (χ1n) is 7.49. The monoisotopic (exact) mass is 335 g/mol. The summed E-state index contributed by atoms with van der Waals surface area (Å²) in [4.78, 5) is 38.9. The molecule has 0 saturated carbocycles. The quantitative estimate of drug-likeness (QED) is 0.376. The van der Waals surface area contributed by atoms with Crippen molar-refractivity contribution in [3.05, 3.63) is 70.0 Å². The van der Waals surface area contributed by atoms with Gasteiger partial charge in [0.15, 0.2) is 0 Å². The van der Waals surface area contributed by atoms with Gasteiger partial charge in [0.25, 0.3) is 17.4 Å². The second kappa shape index (κ2) is 6.52. The first-order chi connectivity index (χ1) is 12.0. The topological polar surface area (TPSA) is 111 Å². The number of hydrogen-bond acceptors (Lipinski definition) is 4. The highest BCUT2D eigenvalue weighted by molar-refractivity contribution is 6.36. The maximum Gasteiger partial charge on any atom is 0.279 e. The molecule has 0 aliphatic carbocycles. The number of aromatic nitrogens is 1. The first-order valence-corrected chi connectivity index (χ1v) is 7.49. The summed E-state index contributed by atoms with van der Waals surface area (Å²) in [5, 5.41) is 10.6. The molecule has 1 heterocycles. The summed E-state index contributed by atoms with van der Waals surface area (Å²) in [7, 11) is 1.76. The minimum absolute atomic E-state index is 0.331. The maximum atomic E-state index is 12.2. The molecule has 0 spiro atoms. The van der Waals surface area contributed by atoms with Crippen molar-refractivity contribution in [2.45, 2.75) is 0 Å². The number of carbonyl (C=O) groups is 2. The molecule has 2 aromatic carbocycles. The summed E-state index contributed by atoms with van der Waals surface area (Å²) in [5.74, 6) is -1.88. The van der Waals surface area contributed by atoms with E-state index in [-0.39, 0.29) is 0 Å². The molecular formula is C17H14BN3O4. The van der Waals surface area contributed by atoms with E-state index in [0.717, 1.165) is 5.46 Å². The molecular weight excluding hydrogens is 321 g/mol. The van der Waals surface area contributed by atoms with E-state index in [0.29, 0.717) is 16.5 Å². The number of amides is 2. The highest BCUT2D eigenvalue weighted by atomic mass is 16.3. The number of rotatable bonds is 2. The van der Waals surface area contributed by atoms with Crippen LogP contribution in [0, 0.1) is 0 Å². The fourth-order valence-corrected chi connectivity index (χ4v) is 2.51. The Kier molecular flexibility index (Phi) is 4.26. The number of hydrazine groups is 1. The first kappa shape index (κ1) is 16.3. The number of aromatic hydroxyl groups is 1. The van der Waals surface area contributed by atoms with E-state index in [2.05, 4.69) is 15.8 Å². The zero-order valence-electron chi connectivity index (χ0n) is 13.3. The molecule has 8 heteroatoms. The van der Waals surface area contributed by atoms with Crippen LogP contribution in [0.5, 0.6) is 5.75 Å². The number of nitrogens with one attached hydrogen (secondary N) is 3. The fraction of sp³-hybridized carbons (Fsp3) is 0. The van der Waals surface area contributed by atoms with E-state index in [1.807, 2.05) is 0 Å². The Morgan fingerprint density at radius 3 is 2.36 bits per heavy atom. The smallest absolute Gasteiger partial charge is 0.279 e. The van der Waals surface area contributed by atoms with Crippen molar-refractivity contribution >= 4 is 36.0 Å². The van der Waals surface area contributed by atoms with Crippen molar-refractivity contribution < 1.29 is 14.7 Å². The van der Waals surface area contributed by atoms with Crippen LogP contribution in [0.1, 0.15) is 20.7 Å². The molecule has 0 atom stereocenters. The van der Waals surface area contributed by atoms with Gasteiger partial charge in [-0.2, -0.15) is 0 Å². The van der Waals surface area contributed by atoms with Crippen LogP contribution in [-0.2, 0) is 0 Å². The lowest BCUT2D eigenvalue weighted by atomic mass is 9.90. The van der Waals surface area contributed by atoms with Gasteiger partial charge >= 0.3 is 0 Å². The molecule has 3 rings (SSSR count). The molecule has 0 aliphatic heterocycles. The van der Waals surface area contributed by atoms with Crippen LogP contribution in [0.3, 0.4) is 0 Å².